The molecule has 0 aromatic heterocycles. The van der Waals surface area contributed by atoms with Gasteiger partial charge in [-0.1, -0.05) is 33.6 Å². The van der Waals surface area contributed by atoms with Crippen molar-refractivity contribution in [3.05, 3.63) is 0 Å². The zero-order chi connectivity index (χ0) is 13.2. The fraction of sp³-hybridized carbons (Fsp3) is 1.00. The summed E-state index contributed by atoms with van der Waals surface area (Å²) < 4.78 is 0. The molecule has 0 aromatic rings. The molecule has 0 amide bonds. The lowest BCUT2D eigenvalue weighted by Gasteiger charge is -2.50. The number of nitrogens with zero attached hydrogens (tertiary/aromatic N) is 1. The van der Waals surface area contributed by atoms with Crippen molar-refractivity contribution in [2.75, 3.05) is 19.6 Å². The van der Waals surface area contributed by atoms with Crippen LogP contribution in [0.25, 0.3) is 0 Å². The topological polar surface area (TPSA) is 15.3 Å². The minimum Gasteiger partial charge on any atom is -0.311 e. The van der Waals surface area contributed by atoms with E-state index in [2.05, 4.69) is 37.9 Å². The van der Waals surface area contributed by atoms with Crippen LogP contribution in [0.1, 0.15) is 59.8 Å². The van der Waals surface area contributed by atoms with Gasteiger partial charge in [-0.05, 0) is 44.6 Å². The number of piperazine rings is 1. The Morgan fingerprint density at radius 2 is 2.06 bits per heavy atom. The summed E-state index contributed by atoms with van der Waals surface area (Å²) in [7, 11) is 0. The van der Waals surface area contributed by atoms with Gasteiger partial charge in [-0.25, -0.2) is 0 Å². The Morgan fingerprint density at radius 1 is 1.33 bits per heavy atom. The monoisotopic (exact) mass is 252 g/mol. The molecule has 106 valence electrons. The molecule has 2 rings (SSSR count). The first kappa shape index (κ1) is 14.3. The molecule has 0 aromatic carbocycles. The summed E-state index contributed by atoms with van der Waals surface area (Å²) in [6.45, 7) is 13.3. The van der Waals surface area contributed by atoms with Crippen LogP contribution >= 0.6 is 0 Å². The Kier molecular flexibility index (Phi) is 4.71. The first-order valence-corrected chi connectivity index (χ1v) is 8.10. The van der Waals surface area contributed by atoms with Crippen molar-refractivity contribution < 1.29 is 0 Å². The van der Waals surface area contributed by atoms with Gasteiger partial charge in [0.25, 0.3) is 0 Å². The first-order valence-electron chi connectivity index (χ1n) is 8.10. The van der Waals surface area contributed by atoms with Gasteiger partial charge in [-0.2, -0.15) is 0 Å². The molecule has 1 saturated heterocycles. The fourth-order valence-electron chi connectivity index (χ4n) is 3.43. The zero-order valence-corrected chi connectivity index (χ0v) is 12.8. The van der Waals surface area contributed by atoms with E-state index in [0.717, 1.165) is 11.8 Å². The highest BCUT2D eigenvalue weighted by Gasteiger charge is 2.48. The maximum atomic E-state index is 3.85. The Labute approximate surface area is 114 Å². The van der Waals surface area contributed by atoms with E-state index in [1.807, 2.05) is 0 Å². The van der Waals surface area contributed by atoms with E-state index < -0.39 is 0 Å². The number of hydrogen-bond acceptors (Lipinski definition) is 2. The van der Waals surface area contributed by atoms with Crippen LogP contribution in [0.15, 0.2) is 0 Å². The van der Waals surface area contributed by atoms with E-state index in [1.54, 1.807) is 0 Å². The highest BCUT2D eigenvalue weighted by molar-refractivity contribution is 5.05. The Morgan fingerprint density at radius 3 is 2.61 bits per heavy atom. The molecule has 1 saturated carbocycles. The van der Waals surface area contributed by atoms with Crippen LogP contribution < -0.4 is 5.32 Å². The minimum atomic E-state index is 0.444. The van der Waals surface area contributed by atoms with E-state index in [1.165, 1.54) is 51.7 Å². The van der Waals surface area contributed by atoms with Gasteiger partial charge in [0.2, 0.25) is 0 Å². The van der Waals surface area contributed by atoms with Crippen LogP contribution in [0.4, 0.5) is 0 Å². The highest BCUT2D eigenvalue weighted by Crippen LogP contribution is 2.44. The quantitative estimate of drug-likeness (QED) is 0.780. The molecule has 1 aliphatic heterocycles. The summed E-state index contributed by atoms with van der Waals surface area (Å²) in [5.41, 5.74) is 0.444. The summed E-state index contributed by atoms with van der Waals surface area (Å²) in [6, 6.07) is 0.707. The van der Waals surface area contributed by atoms with Gasteiger partial charge >= 0.3 is 0 Å². The van der Waals surface area contributed by atoms with Crippen LogP contribution in [-0.2, 0) is 0 Å². The van der Waals surface area contributed by atoms with E-state index in [-0.39, 0.29) is 0 Å². The van der Waals surface area contributed by atoms with E-state index in [0.29, 0.717) is 11.6 Å². The van der Waals surface area contributed by atoms with Crippen molar-refractivity contribution in [2.24, 2.45) is 11.8 Å². The van der Waals surface area contributed by atoms with E-state index in [9.17, 15) is 0 Å². The zero-order valence-electron chi connectivity index (χ0n) is 12.8. The number of hydrogen-bond donors (Lipinski definition) is 1. The molecular formula is C16H32N2. The lowest BCUT2D eigenvalue weighted by Crippen LogP contribution is -2.65. The van der Waals surface area contributed by atoms with Crippen LogP contribution in [-0.4, -0.2) is 36.1 Å². The van der Waals surface area contributed by atoms with E-state index >= 15 is 0 Å². The van der Waals surface area contributed by atoms with Crippen molar-refractivity contribution in [3.63, 3.8) is 0 Å². The smallest absolute Gasteiger partial charge is 0.0334 e. The van der Waals surface area contributed by atoms with Crippen LogP contribution in [0, 0.1) is 11.8 Å². The molecule has 0 bridgehead atoms. The molecule has 18 heavy (non-hydrogen) atoms. The number of unbranched alkanes of at least 4 members (excludes halogenated alkanes) is 1. The van der Waals surface area contributed by atoms with Crippen molar-refractivity contribution in [1.82, 2.24) is 10.2 Å². The third-order valence-electron chi connectivity index (χ3n) is 5.43. The maximum absolute atomic E-state index is 3.85. The molecule has 1 heterocycles. The molecule has 3 atom stereocenters. The van der Waals surface area contributed by atoms with Crippen molar-refractivity contribution in [1.29, 1.82) is 0 Å². The molecule has 1 aliphatic carbocycles. The second-order valence-electron chi connectivity index (χ2n) is 6.80. The second kappa shape index (κ2) is 5.92. The van der Waals surface area contributed by atoms with Gasteiger partial charge in [-0.15, -0.1) is 0 Å². The summed E-state index contributed by atoms with van der Waals surface area (Å²) in [6.07, 6.45) is 6.87. The average molecular weight is 252 g/mol. The van der Waals surface area contributed by atoms with Crippen molar-refractivity contribution in [3.8, 4) is 0 Å². The molecular weight excluding hydrogens is 220 g/mol. The van der Waals surface area contributed by atoms with Crippen LogP contribution in [0.3, 0.4) is 0 Å². The molecule has 2 nitrogen and oxygen atoms in total. The van der Waals surface area contributed by atoms with Gasteiger partial charge in [0.05, 0.1) is 0 Å². The maximum Gasteiger partial charge on any atom is 0.0334 e. The summed E-state index contributed by atoms with van der Waals surface area (Å²) in [5.74, 6) is 1.76. The fourth-order valence-corrected chi connectivity index (χ4v) is 3.43. The SMILES string of the molecule is CCCCN1CC(C(C)CC)NCC1(C)C1CC1. The standard InChI is InChI=1S/C16H32N2/c1-5-7-10-18-11-15(13(3)6-2)17-12-16(18,4)14-8-9-14/h13-15,17H,5-12H2,1-4H3. The first-order chi connectivity index (χ1) is 8.61. The van der Waals surface area contributed by atoms with Crippen LogP contribution in [0.5, 0.6) is 0 Å². The Bertz CT molecular complexity index is 262. The molecule has 2 aliphatic rings. The second-order valence-corrected chi connectivity index (χ2v) is 6.80. The lowest BCUT2D eigenvalue weighted by atomic mass is 9.86. The third kappa shape index (κ3) is 2.91. The average Bonchev–Trinajstić information content (AvgIpc) is 3.21. The summed E-state index contributed by atoms with van der Waals surface area (Å²) in [5, 5.41) is 3.85. The number of rotatable bonds is 6. The summed E-state index contributed by atoms with van der Waals surface area (Å²) in [4.78, 5) is 2.82. The lowest BCUT2D eigenvalue weighted by molar-refractivity contribution is 0.0224. The predicted octanol–water partition coefficient (Wildman–Crippen LogP) is 3.28. The molecule has 2 heteroatoms. The Balaban J connectivity index is 2.00. The predicted molar refractivity (Wildman–Crippen MR) is 78.9 cm³/mol. The molecule has 1 N–H and O–H groups in total. The minimum absolute atomic E-state index is 0.444. The van der Waals surface area contributed by atoms with Gasteiger partial charge in [0.1, 0.15) is 0 Å². The summed E-state index contributed by atoms with van der Waals surface area (Å²) >= 11 is 0. The van der Waals surface area contributed by atoms with Gasteiger partial charge < -0.3 is 5.32 Å². The molecule has 0 radical (unpaired) electrons. The van der Waals surface area contributed by atoms with Crippen LogP contribution in [0.2, 0.25) is 0 Å². The molecule has 0 spiro atoms. The largest absolute Gasteiger partial charge is 0.311 e. The van der Waals surface area contributed by atoms with Crippen molar-refractivity contribution >= 4 is 0 Å². The normalized spacial score (nSPS) is 35.7. The molecule has 2 fully saturated rings. The Hall–Kier alpha value is -0.0800. The highest BCUT2D eigenvalue weighted by atomic mass is 15.3. The third-order valence-corrected chi connectivity index (χ3v) is 5.43. The van der Waals surface area contributed by atoms with Crippen molar-refractivity contribution in [2.45, 2.75) is 71.4 Å². The number of nitrogens with one attached hydrogen (secondary N) is 1. The van der Waals surface area contributed by atoms with Gasteiger partial charge in [0, 0.05) is 24.7 Å². The molecule has 3 unspecified atom stereocenters. The van der Waals surface area contributed by atoms with Gasteiger partial charge in [-0.3, -0.25) is 4.90 Å². The van der Waals surface area contributed by atoms with E-state index in [4.69, 9.17) is 0 Å². The van der Waals surface area contributed by atoms with Gasteiger partial charge in [0.15, 0.2) is 0 Å².